The molecule has 0 spiro atoms. The first-order valence-corrected chi connectivity index (χ1v) is 10.5. The molecule has 150 valence electrons. The molecule has 2 aromatic rings. The van der Waals surface area contributed by atoms with E-state index >= 15 is 0 Å². The first kappa shape index (κ1) is 19.0. The number of ether oxygens (including phenoxy) is 1. The van der Waals surface area contributed by atoms with Gasteiger partial charge in [0.15, 0.2) is 0 Å². The molecule has 0 radical (unpaired) electrons. The number of methoxy groups -OCH3 is 1. The molecule has 2 aliphatic rings. The van der Waals surface area contributed by atoms with Crippen molar-refractivity contribution < 1.29 is 13.9 Å². The van der Waals surface area contributed by atoms with Crippen LogP contribution in [0.25, 0.3) is 0 Å². The summed E-state index contributed by atoms with van der Waals surface area (Å²) in [4.78, 5) is 14.7. The van der Waals surface area contributed by atoms with Crippen LogP contribution in [0.5, 0.6) is 5.75 Å². The van der Waals surface area contributed by atoms with Crippen molar-refractivity contribution in [1.82, 2.24) is 15.1 Å². The fraction of sp³-hybridized carbons (Fsp3) is 0.591. The van der Waals surface area contributed by atoms with E-state index < -0.39 is 0 Å². The molecule has 1 amide bonds. The van der Waals surface area contributed by atoms with E-state index in [4.69, 9.17) is 9.15 Å². The first-order chi connectivity index (χ1) is 13.7. The van der Waals surface area contributed by atoms with Crippen LogP contribution in [0.2, 0.25) is 0 Å². The van der Waals surface area contributed by atoms with Gasteiger partial charge in [-0.15, -0.1) is 10.2 Å². The summed E-state index contributed by atoms with van der Waals surface area (Å²) in [5, 5.41) is 8.68. The lowest BCUT2D eigenvalue weighted by Crippen LogP contribution is -2.40. The zero-order valence-corrected chi connectivity index (χ0v) is 16.6. The van der Waals surface area contributed by atoms with Gasteiger partial charge in [0.2, 0.25) is 17.7 Å². The van der Waals surface area contributed by atoms with E-state index in [-0.39, 0.29) is 11.8 Å². The summed E-state index contributed by atoms with van der Waals surface area (Å²) in [6, 6.07) is 7.69. The van der Waals surface area contributed by atoms with Crippen molar-refractivity contribution in [3.63, 3.8) is 0 Å². The molecular weight excluding hydrogens is 354 g/mol. The molecule has 1 aliphatic carbocycles. The molecule has 6 nitrogen and oxygen atoms in total. The SMILES string of the molecule is COc1ccc(CC(=O)N2CCCC(c3nnc(C4CCCCC4)o3)C2)cc1. The average Bonchev–Trinajstić information content (AvgIpc) is 3.25. The van der Waals surface area contributed by atoms with Gasteiger partial charge in [0.1, 0.15) is 5.75 Å². The molecule has 1 aliphatic heterocycles. The standard InChI is InChI=1S/C22H29N3O3/c1-27-19-11-9-16(10-12-19)14-20(26)25-13-5-8-18(15-25)22-24-23-21(28-22)17-6-3-2-4-7-17/h9-12,17-18H,2-8,13-15H2,1H3. The van der Waals surface area contributed by atoms with Gasteiger partial charge in [-0.05, 0) is 43.4 Å². The number of hydrogen-bond donors (Lipinski definition) is 0. The van der Waals surface area contributed by atoms with Gasteiger partial charge in [0.25, 0.3) is 0 Å². The van der Waals surface area contributed by atoms with E-state index in [2.05, 4.69) is 10.2 Å². The molecule has 28 heavy (non-hydrogen) atoms. The largest absolute Gasteiger partial charge is 0.497 e. The van der Waals surface area contributed by atoms with Crippen LogP contribution in [0.1, 0.15) is 74.1 Å². The highest BCUT2D eigenvalue weighted by Crippen LogP contribution is 2.34. The first-order valence-electron chi connectivity index (χ1n) is 10.5. The second kappa shape index (κ2) is 8.76. The second-order valence-electron chi connectivity index (χ2n) is 8.02. The lowest BCUT2D eigenvalue weighted by molar-refractivity contribution is -0.131. The average molecular weight is 383 g/mol. The van der Waals surface area contributed by atoms with Crippen molar-refractivity contribution in [3.05, 3.63) is 41.6 Å². The number of amides is 1. The third kappa shape index (κ3) is 4.37. The number of carbonyl (C=O) groups excluding carboxylic acids is 1. The number of piperidine rings is 1. The van der Waals surface area contributed by atoms with E-state index in [9.17, 15) is 4.79 Å². The van der Waals surface area contributed by atoms with Crippen LogP contribution in [-0.2, 0) is 11.2 Å². The number of benzene rings is 1. The van der Waals surface area contributed by atoms with Crippen molar-refractivity contribution in [2.75, 3.05) is 20.2 Å². The van der Waals surface area contributed by atoms with Crippen molar-refractivity contribution >= 4 is 5.91 Å². The van der Waals surface area contributed by atoms with E-state index in [1.54, 1.807) is 7.11 Å². The van der Waals surface area contributed by atoms with Crippen LogP contribution in [0.3, 0.4) is 0 Å². The maximum Gasteiger partial charge on any atom is 0.227 e. The molecule has 1 saturated carbocycles. The lowest BCUT2D eigenvalue weighted by Gasteiger charge is -2.31. The van der Waals surface area contributed by atoms with Gasteiger partial charge >= 0.3 is 0 Å². The zero-order valence-electron chi connectivity index (χ0n) is 16.6. The monoisotopic (exact) mass is 383 g/mol. The maximum absolute atomic E-state index is 12.8. The van der Waals surface area contributed by atoms with Crippen molar-refractivity contribution in [2.45, 2.75) is 63.2 Å². The zero-order chi connectivity index (χ0) is 19.3. The fourth-order valence-electron chi connectivity index (χ4n) is 4.36. The Labute approximate surface area is 166 Å². The fourth-order valence-corrected chi connectivity index (χ4v) is 4.36. The third-order valence-electron chi connectivity index (χ3n) is 6.05. The summed E-state index contributed by atoms with van der Waals surface area (Å²) >= 11 is 0. The molecule has 1 saturated heterocycles. The van der Waals surface area contributed by atoms with Crippen LogP contribution in [0.4, 0.5) is 0 Å². The van der Waals surface area contributed by atoms with Crippen LogP contribution in [0, 0.1) is 0 Å². The van der Waals surface area contributed by atoms with Gasteiger partial charge in [-0.3, -0.25) is 4.79 Å². The van der Waals surface area contributed by atoms with Gasteiger partial charge in [-0.25, -0.2) is 0 Å². The topological polar surface area (TPSA) is 68.5 Å². The van der Waals surface area contributed by atoms with Gasteiger partial charge in [0, 0.05) is 19.0 Å². The van der Waals surface area contributed by atoms with Gasteiger partial charge < -0.3 is 14.1 Å². The second-order valence-corrected chi connectivity index (χ2v) is 8.02. The van der Waals surface area contributed by atoms with E-state index in [0.29, 0.717) is 24.8 Å². The Morgan fingerprint density at radius 3 is 2.43 bits per heavy atom. The quantitative estimate of drug-likeness (QED) is 0.778. The highest BCUT2D eigenvalue weighted by molar-refractivity contribution is 5.79. The van der Waals surface area contributed by atoms with E-state index in [0.717, 1.165) is 49.4 Å². The predicted octanol–water partition coefficient (Wildman–Crippen LogP) is 4.07. The Bertz CT molecular complexity index is 781. The summed E-state index contributed by atoms with van der Waals surface area (Å²) in [7, 11) is 1.64. The maximum atomic E-state index is 12.8. The Kier molecular flexibility index (Phi) is 5.93. The minimum Gasteiger partial charge on any atom is -0.497 e. The highest BCUT2D eigenvalue weighted by atomic mass is 16.5. The number of likely N-dealkylation sites (tertiary alicyclic amines) is 1. The van der Waals surface area contributed by atoms with Gasteiger partial charge in [-0.2, -0.15) is 0 Å². The molecule has 0 bridgehead atoms. The number of aromatic nitrogens is 2. The molecule has 6 heteroatoms. The third-order valence-corrected chi connectivity index (χ3v) is 6.05. The van der Waals surface area contributed by atoms with Gasteiger partial charge in [-0.1, -0.05) is 31.4 Å². The normalized spacial score (nSPS) is 20.9. The van der Waals surface area contributed by atoms with Crippen molar-refractivity contribution in [1.29, 1.82) is 0 Å². The summed E-state index contributed by atoms with van der Waals surface area (Å²) in [6.07, 6.45) is 8.49. The van der Waals surface area contributed by atoms with Gasteiger partial charge in [0.05, 0.1) is 19.4 Å². The van der Waals surface area contributed by atoms with Crippen LogP contribution in [-0.4, -0.2) is 41.2 Å². The Hall–Kier alpha value is -2.37. The number of carbonyl (C=O) groups is 1. The Balaban J connectivity index is 1.37. The number of hydrogen-bond acceptors (Lipinski definition) is 5. The molecule has 4 rings (SSSR count). The Morgan fingerprint density at radius 1 is 1.04 bits per heavy atom. The molecular formula is C22H29N3O3. The predicted molar refractivity (Wildman–Crippen MR) is 105 cm³/mol. The number of nitrogens with zero attached hydrogens (tertiary/aromatic N) is 3. The Morgan fingerprint density at radius 2 is 1.71 bits per heavy atom. The molecule has 2 heterocycles. The molecule has 1 unspecified atom stereocenters. The summed E-state index contributed by atoms with van der Waals surface area (Å²) in [5.41, 5.74) is 1.00. The van der Waals surface area contributed by atoms with E-state index in [1.165, 1.54) is 19.3 Å². The van der Waals surface area contributed by atoms with Crippen molar-refractivity contribution in [3.8, 4) is 5.75 Å². The summed E-state index contributed by atoms with van der Waals surface area (Å²) in [5.74, 6) is 3.05. The molecule has 1 atom stereocenters. The lowest BCUT2D eigenvalue weighted by atomic mass is 9.89. The molecule has 1 aromatic carbocycles. The van der Waals surface area contributed by atoms with E-state index in [1.807, 2.05) is 29.2 Å². The minimum atomic E-state index is 0.151. The summed E-state index contributed by atoms with van der Waals surface area (Å²) < 4.78 is 11.2. The highest BCUT2D eigenvalue weighted by Gasteiger charge is 2.29. The van der Waals surface area contributed by atoms with Crippen LogP contribution in [0.15, 0.2) is 28.7 Å². The van der Waals surface area contributed by atoms with Crippen LogP contribution >= 0.6 is 0 Å². The van der Waals surface area contributed by atoms with Crippen molar-refractivity contribution in [2.24, 2.45) is 0 Å². The molecule has 1 aromatic heterocycles. The minimum absolute atomic E-state index is 0.151. The molecule has 0 N–H and O–H groups in total. The summed E-state index contributed by atoms with van der Waals surface area (Å²) in [6.45, 7) is 1.47. The number of rotatable bonds is 5. The van der Waals surface area contributed by atoms with Crippen LogP contribution < -0.4 is 4.74 Å². The smallest absolute Gasteiger partial charge is 0.227 e. The molecule has 2 fully saturated rings.